The number of nitrogen functional groups attached to an aromatic ring is 1. The van der Waals surface area contributed by atoms with Crippen LogP contribution in [0.25, 0.3) is 10.9 Å². The monoisotopic (exact) mass is 262 g/mol. The fourth-order valence-electron chi connectivity index (χ4n) is 2.14. The zero-order valence-electron chi connectivity index (χ0n) is 11.8. The molecular weight excluding hydrogens is 244 g/mol. The lowest BCUT2D eigenvalue weighted by atomic mass is 10.1. The molecule has 0 spiro atoms. The van der Waals surface area contributed by atoms with Crippen molar-refractivity contribution in [3.8, 4) is 17.2 Å². The molecule has 2 rings (SSSR count). The van der Waals surface area contributed by atoms with E-state index in [4.69, 9.17) is 19.9 Å². The SMILES string of the molecule is COc1cc2nc(C)c(C)c(N)c2c(OC)c1OC. The maximum atomic E-state index is 6.19. The number of nitrogens with two attached hydrogens (primary N) is 1. The molecule has 0 fully saturated rings. The molecule has 1 heterocycles. The smallest absolute Gasteiger partial charge is 0.204 e. The van der Waals surface area contributed by atoms with E-state index in [0.717, 1.165) is 22.2 Å². The lowest BCUT2D eigenvalue weighted by molar-refractivity contribution is 0.327. The van der Waals surface area contributed by atoms with Gasteiger partial charge in [0, 0.05) is 17.4 Å². The minimum Gasteiger partial charge on any atom is -0.493 e. The summed E-state index contributed by atoms with van der Waals surface area (Å²) in [5.74, 6) is 1.64. The van der Waals surface area contributed by atoms with Crippen molar-refractivity contribution in [2.75, 3.05) is 27.1 Å². The van der Waals surface area contributed by atoms with Gasteiger partial charge in [0.2, 0.25) is 5.75 Å². The number of aromatic nitrogens is 1. The van der Waals surface area contributed by atoms with Crippen LogP contribution in [0.5, 0.6) is 17.2 Å². The van der Waals surface area contributed by atoms with Crippen LogP contribution in [0.3, 0.4) is 0 Å². The first kappa shape index (κ1) is 13.3. The molecule has 19 heavy (non-hydrogen) atoms. The summed E-state index contributed by atoms with van der Waals surface area (Å²) in [5.41, 5.74) is 9.41. The molecular formula is C14H18N2O3. The van der Waals surface area contributed by atoms with E-state index in [1.54, 1.807) is 27.4 Å². The molecule has 0 aliphatic heterocycles. The number of hydrogen-bond acceptors (Lipinski definition) is 5. The summed E-state index contributed by atoms with van der Waals surface area (Å²) in [7, 11) is 4.72. The second-order valence-electron chi connectivity index (χ2n) is 4.28. The highest BCUT2D eigenvalue weighted by Crippen LogP contribution is 2.45. The highest BCUT2D eigenvalue weighted by Gasteiger charge is 2.20. The van der Waals surface area contributed by atoms with Crippen LogP contribution in [-0.4, -0.2) is 26.3 Å². The summed E-state index contributed by atoms with van der Waals surface area (Å²) in [6, 6.07) is 1.81. The Morgan fingerprint density at radius 3 is 2.16 bits per heavy atom. The van der Waals surface area contributed by atoms with Crippen molar-refractivity contribution >= 4 is 16.6 Å². The van der Waals surface area contributed by atoms with Gasteiger partial charge in [0.1, 0.15) is 0 Å². The molecule has 1 aromatic carbocycles. The van der Waals surface area contributed by atoms with Gasteiger partial charge < -0.3 is 19.9 Å². The third kappa shape index (κ3) is 1.91. The van der Waals surface area contributed by atoms with Gasteiger partial charge in [-0.05, 0) is 19.4 Å². The van der Waals surface area contributed by atoms with Gasteiger partial charge in [0.05, 0.1) is 32.2 Å². The Labute approximate surface area is 112 Å². The third-order valence-corrected chi connectivity index (χ3v) is 3.31. The molecule has 0 atom stereocenters. The number of rotatable bonds is 3. The van der Waals surface area contributed by atoms with Gasteiger partial charge >= 0.3 is 0 Å². The van der Waals surface area contributed by atoms with Gasteiger partial charge in [-0.3, -0.25) is 4.98 Å². The van der Waals surface area contributed by atoms with E-state index < -0.39 is 0 Å². The van der Waals surface area contributed by atoms with Gasteiger partial charge in [0.25, 0.3) is 0 Å². The largest absolute Gasteiger partial charge is 0.493 e. The lowest BCUT2D eigenvalue weighted by Gasteiger charge is -2.17. The second kappa shape index (κ2) is 4.84. The van der Waals surface area contributed by atoms with E-state index in [-0.39, 0.29) is 0 Å². The zero-order valence-corrected chi connectivity index (χ0v) is 11.8. The van der Waals surface area contributed by atoms with Crippen LogP contribution < -0.4 is 19.9 Å². The number of benzene rings is 1. The molecule has 5 heteroatoms. The summed E-state index contributed by atoms with van der Waals surface area (Å²) < 4.78 is 16.1. The van der Waals surface area contributed by atoms with Crippen molar-refractivity contribution in [2.24, 2.45) is 0 Å². The third-order valence-electron chi connectivity index (χ3n) is 3.31. The van der Waals surface area contributed by atoms with Crippen LogP contribution in [0.15, 0.2) is 6.07 Å². The number of anilines is 1. The molecule has 0 unspecified atom stereocenters. The predicted octanol–water partition coefficient (Wildman–Crippen LogP) is 2.46. The molecule has 2 aromatic rings. The summed E-state index contributed by atoms with van der Waals surface area (Å²) in [5, 5.41) is 0.753. The summed E-state index contributed by atoms with van der Waals surface area (Å²) in [4.78, 5) is 4.53. The van der Waals surface area contributed by atoms with Crippen LogP contribution >= 0.6 is 0 Å². The molecule has 1 aromatic heterocycles. The normalized spacial score (nSPS) is 10.6. The number of aryl methyl sites for hydroxylation is 1. The molecule has 0 bridgehead atoms. The second-order valence-corrected chi connectivity index (χ2v) is 4.28. The fraction of sp³-hybridized carbons (Fsp3) is 0.357. The maximum absolute atomic E-state index is 6.19. The number of pyridine rings is 1. The number of nitrogens with zero attached hydrogens (tertiary/aromatic N) is 1. The standard InChI is InChI=1S/C14H18N2O3/c1-7-8(2)16-9-6-10(17-3)13(18-4)14(19-5)11(9)12(7)15/h6H,1-5H3,(H2,15,16). The Morgan fingerprint density at radius 2 is 1.63 bits per heavy atom. The average molecular weight is 262 g/mol. The van der Waals surface area contributed by atoms with Gasteiger partial charge in [-0.25, -0.2) is 0 Å². The predicted molar refractivity (Wildman–Crippen MR) is 75.3 cm³/mol. The van der Waals surface area contributed by atoms with Crippen molar-refractivity contribution < 1.29 is 14.2 Å². The fourth-order valence-corrected chi connectivity index (χ4v) is 2.14. The van der Waals surface area contributed by atoms with Gasteiger partial charge in [0.15, 0.2) is 11.5 Å². The number of fused-ring (bicyclic) bond motifs is 1. The lowest BCUT2D eigenvalue weighted by Crippen LogP contribution is -2.02. The highest BCUT2D eigenvalue weighted by molar-refractivity contribution is 6.00. The van der Waals surface area contributed by atoms with Crippen LogP contribution in [-0.2, 0) is 0 Å². The van der Waals surface area contributed by atoms with Crippen molar-refractivity contribution in [1.29, 1.82) is 0 Å². The van der Waals surface area contributed by atoms with Crippen LogP contribution in [0.4, 0.5) is 5.69 Å². The van der Waals surface area contributed by atoms with E-state index in [9.17, 15) is 0 Å². The van der Waals surface area contributed by atoms with Crippen molar-refractivity contribution in [2.45, 2.75) is 13.8 Å². The quantitative estimate of drug-likeness (QED) is 0.920. The first-order valence-electron chi connectivity index (χ1n) is 5.90. The molecule has 0 aliphatic carbocycles. The molecule has 0 saturated carbocycles. The minimum atomic E-state index is 0.522. The van der Waals surface area contributed by atoms with Gasteiger partial charge in [-0.1, -0.05) is 0 Å². The molecule has 0 aliphatic rings. The van der Waals surface area contributed by atoms with E-state index in [0.29, 0.717) is 22.9 Å². The number of hydrogen-bond donors (Lipinski definition) is 1. The maximum Gasteiger partial charge on any atom is 0.204 e. The Balaban J connectivity index is 2.98. The number of ether oxygens (including phenoxy) is 3. The van der Waals surface area contributed by atoms with Gasteiger partial charge in [-0.15, -0.1) is 0 Å². The van der Waals surface area contributed by atoms with Crippen molar-refractivity contribution in [3.05, 3.63) is 17.3 Å². The molecule has 0 radical (unpaired) electrons. The van der Waals surface area contributed by atoms with Crippen LogP contribution in [0.2, 0.25) is 0 Å². The van der Waals surface area contributed by atoms with E-state index in [2.05, 4.69) is 4.98 Å². The minimum absolute atomic E-state index is 0.522. The zero-order chi connectivity index (χ0) is 14.2. The van der Waals surface area contributed by atoms with E-state index >= 15 is 0 Å². The van der Waals surface area contributed by atoms with Crippen molar-refractivity contribution in [1.82, 2.24) is 4.98 Å². The molecule has 102 valence electrons. The van der Waals surface area contributed by atoms with Crippen LogP contribution in [0, 0.1) is 13.8 Å². The average Bonchev–Trinajstić information content (AvgIpc) is 2.42. The summed E-state index contributed by atoms with van der Waals surface area (Å²) in [6.07, 6.45) is 0. The molecule has 0 amide bonds. The van der Waals surface area contributed by atoms with Gasteiger partial charge in [-0.2, -0.15) is 0 Å². The Bertz CT molecular complexity index is 639. The molecule has 0 saturated heterocycles. The molecule has 2 N–H and O–H groups in total. The Kier molecular flexibility index (Phi) is 3.38. The van der Waals surface area contributed by atoms with E-state index in [1.165, 1.54) is 0 Å². The first-order valence-corrected chi connectivity index (χ1v) is 5.90. The Morgan fingerprint density at radius 1 is 1.00 bits per heavy atom. The van der Waals surface area contributed by atoms with Crippen LogP contribution in [0.1, 0.15) is 11.3 Å². The summed E-state index contributed by atoms with van der Waals surface area (Å²) in [6.45, 7) is 3.86. The summed E-state index contributed by atoms with van der Waals surface area (Å²) >= 11 is 0. The van der Waals surface area contributed by atoms with E-state index in [1.807, 2.05) is 13.8 Å². The Hall–Kier alpha value is -2.17. The highest BCUT2D eigenvalue weighted by atomic mass is 16.5. The van der Waals surface area contributed by atoms with Crippen molar-refractivity contribution in [3.63, 3.8) is 0 Å². The first-order chi connectivity index (χ1) is 9.04. The molecule has 5 nitrogen and oxygen atoms in total. The number of methoxy groups -OCH3 is 3. The topological polar surface area (TPSA) is 66.6 Å².